The number of sulfone groups is 1. The summed E-state index contributed by atoms with van der Waals surface area (Å²) in [5, 5.41) is 3.32. The summed E-state index contributed by atoms with van der Waals surface area (Å²) < 4.78 is 29.3. The van der Waals surface area contributed by atoms with Crippen LogP contribution < -0.4 is 10.1 Å². The first-order valence-corrected chi connectivity index (χ1v) is 8.88. The first-order valence-electron chi connectivity index (χ1n) is 6.26. The first-order chi connectivity index (χ1) is 9.00. The fourth-order valence-corrected chi connectivity index (χ4v) is 4.31. The van der Waals surface area contributed by atoms with Crippen LogP contribution in [0.5, 0.6) is 5.75 Å². The topological polar surface area (TPSA) is 55.4 Å². The van der Waals surface area contributed by atoms with Crippen molar-refractivity contribution in [3.63, 3.8) is 0 Å². The normalized spacial score (nSPS) is 22.1. The van der Waals surface area contributed by atoms with Gasteiger partial charge < -0.3 is 10.1 Å². The molecule has 19 heavy (non-hydrogen) atoms. The van der Waals surface area contributed by atoms with E-state index < -0.39 is 9.84 Å². The zero-order valence-corrected chi connectivity index (χ0v) is 13.3. The Morgan fingerprint density at radius 1 is 1.47 bits per heavy atom. The Hall–Kier alpha value is -0.590. The smallest absolute Gasteiger partial charge is 0.151 e. The van der Waals surface area contributed by atoms with Gasteiger partial charge in [-0.3, -0.25) is 0 Å². The van der Waals surface area contributed by atoms with Crippen LogP contribution in [0.1, 0.15) is 18.4 Å². The molecule has 1 aliphatic rings. The maximum Gasteiger partial charge on any atom is 0.151 e. The lowest BCUT2D eigenvalue weighted by atomic mass is 10.1. The predicted octanol–water partition coefficient (Wildman–Crippen LogP) is 2.12. The molecule has 1 fully saturated rings. The van der Waals surface area contributed by atoms with E-state index in [-0.39, 0.29) is 11.8 Å². The van der Waals surface area contributed by atoms with Crippen molar-refractivity contribution in [3.05, 3.63) is 28.2 Å². The fraction of sp³-hybridized carbons (Fsp3) is 0.538. The van der Waals surface area contributed by atoms with Crippen LogP contribution in [0, 0.1) is 0 Å². The molecule has 2 rings (SSSR count). The molecule has 1 aromatic carbocycles. The number of methoxy groups -OCH3 is 1. The highest BCUT2D eigenvalue weighted by atomic mass is 79.9. The Morgan fingerprint density at radius 3 is 2.95 bits per heavy atom. The minimum absolute atomic E-state index is 0.0526. The molecule has 106 valence electrons. The number of benzene rings is 1. The van der Waals surface area contributed by atoms with Gasteiger partial charge >= 0.3 is 0 Å². The lowest BCUT2D eigenvalue weighted by molar-refractivity contribution is 0.413. The standard InChI is InChI=1S/C13H18BrNO3S/c1-18-12-4-5-13(14)10(7-12)8-15-11-3-2-6-19(16,17)9-11/h4-5,7,11,15H,2-3,6,8-9H2,1H3. The molecule has 1 N–H and O–H groups in total. The van der Waals surface area contributed by atoms with Crippen molar-refractivity contribution in [1.82, 2.24) is 5.32 Å². The van der Waals surface area contributed by atoms with Crippen molar-refractivity contribution in [1.29, 1.82) is 0 Å². The van der Waals surface area contributed by atoms with Gasteiger partial charge in [-0.25, -0.2) is 8.42 Å². The fourth-order valence-electron chi connectivity index (χ4n) is 2.25. The van der Waals surface area contributed by atoms with E-state index in [2.05, 4.69) is 21.2 Å². The minimum atomic E-state index is -2.86. The van der Waals surface area contributed by atoms with Gasteiger partial charge in [-0.05, 0) is 36.6 Å². The Labute approximate surface area is 122 Å². The molecule has 1 aliphatic heterocycles. The van der Waals surface area contributed by atoms with Gasteiger partial charge in [-0.1, -0.05) is 15.9 Å². The second-order valence-corrected chi connectivity index (χ2v) is 7.87. The molecule has 1 heterocycles. The number of rotatable bonds is 4. The van der Waals surface area contributed by atoms with Crippen LogP contribution in [0.25, 0.3) is 0 Å². The van der Waals surface area contributed by atoms with Crippen LogP contribution in [-0.4, -0.2) is 33.1 Å². The summed E-state index contributed by atoms with van der Waals surface area (Å²) in [6.07, 6.45) is 1.67. The Balaban J connectivity index is 1.98. The number of halogens is 1. The third kappa shape index (κ3) is 4.19. The van der Waals surface area contributed by atoms with Crippen molar-refractivity contribution in [2.45, 2.75) is 25.4 Å². The monoisotopic (exact) mass is 347 g/mol. The molecule has 0 spiro atoms. The average Bonchev–Trinajstić information content (AvgIpc) is 2.37. The quantitative estimate of drug-likeness (QED) is 0.906. The highest BCUT2D eigenvalue weighted by molar-refractivity contribution is 9.10. The van der Waals surface area contributed by atoms with E-state index in [1.165, 1.54) is 0 Å². The number of hydrogen-bond acceptors (Lipinski definition) is 4. The molecule has 0 radical (unpaired) electrons. The van der Waals surface area contributed by atoms with Crippen LogP contribution in [0.15, 0.2) is 22.7 Å². The first kappa shape index (κ1) is 14.8. The molecule has 1 unspecified atom stereocenters. The molecule has 6 heteroatoms. The third-order valence-electron chi connectivity index (χ3n) is 3.30. The number of nitrogens with one attached hydrogen (secondary N) is 1. The second kappa shape index (κ2) is 6.24. The van der Waals surface area contributed by atoms with Crippen molar-refractivity contribution >= 4 is 25.8 Å². The zero-order chi connectivity index (χ0) is 13.9. The molecule has 0 aliphatic carbocycles. The van der Waals surface area contributed by atoms with E-state index in [1.807, 2.05) is 18.2 Å². The minimum Gasteiger partial charge on any atom is -0.497 e. The summed E-state index contributed by atoms with van der Waals surface area (Å²) in [4.78, 5) is 0. The van der Waals surface area contributed by atoms with Crippen molar-refractivity contribution in [2.75, 3.05) is 18.6 Å². The van der Waals surface area contributed by atoms with Crippen molar-refractivity contribution < 1.29 is 13.2 Å². The molecular weight excluding hydrogens is 330 g/mol. The zero-order valence-electron chi connectivity index (χ0n) is 10.9. The predicted molar refractivity (Wildman–Crippen MR) is 79.2 cm³/mol. The summed E-state index contributed by atoms with van der Waals surface area (Å²) in [7, 11) is -1.23. The lowest BCUT2D eigenvalue weighted by Gasteiger charge is -2.23. The molecular formula is C13H18BrNO3S. The summed E-state index contributed by atoms with van der Waals surface area (Å²) in [5.74, 6) is 1.37. The number of ether oxygens (including phenoxy) is 1. The van der Waals surface area contributed by atoms with Gasteiger partial charge in [0.2, 0.25) is 0 Å². The second-order valence-electron chi connectivity index (χ2n) is 4.79. The molecule has 0 bridgehead atoms. The molecule has 4 nitrogen and oxygen atoms in total. The van der Waals surface area contributed by atoms with E-state index in [1.54, 1.807) is 7.11 Å². The Morgan fingerprint density at radius 2 is 2.26 bits per heavy atom. The van der Waals surface area contributed by atoms with E-state index in [0.29, 0.717) is 12.3 Å². The summed E-state index contributed by atoms with van der Waals surface area (Å²) >= 11 is 3.49. The average molecular weight is 348 g/mol. The lowest BCUT2D eigenvalue weighted by Crippen LogP contribution is -2.39. The summed E-state index contributed by atoms with van der Waals surface area (Å²) in [6.45, 7) is 0.637. The van der Waals surface area contributed by atoms with E-state index in [4.69, 9.17) is 4.74 Å². The van der Waals surface area contributed by atoms with Crippen LogP contribution in [0.3, 0.4) is 0 Å². The van der Waals surface area contributed by atoms with Crippen LogP contribution in [-0.2, 0) is 16.4 Å². The Kier molecular flexibility index (Phi) is 4.86. The Bertz CT molecular complexity index is 545. The van der Waals surface area contributed by atoms with Gasteiger partial charge in [0.25, 0.3) is 0 Å². The molecule has 0 amide bonds. The van der Waals surface area contributed by atoms with Gasteiger partial charge in [0, 0.05) is 17.1 Å². The van der Waals surface area contributed by atoms with E-state index >= 15 is 0 Å². The summed E-state index contributed by atoms with van der Waals surface area (Å²) in [6, 6.07) is 5.83. The molecule has 1 saturated heterocycles. The SMILES string of the molecule is COc1ccc(Br)c(CNC2CCCS(=O)(=O)C2)c1. The van der Waals surface area contributed by atoms with Crippen LogP contribution >= 0.6 is 15.9 Å². The molecule has 0 aromatic heterocycles. The number of hydrogen-bond donors (Lipinski definition) is 1. The third-order valence-corrected chi connectivity index (χ3v) is 5.89. The summed E-state index contributed by atoms with van der Waals surface area (Å²) in [5.41, 5.74) is 1.07. The highest BCUT2D eigenvalue weighted by Gasteiger charge is 2.24. The molecule has 0 saturated carbocycles. The van der Waals surface area contributed by atoms with Gasteiger partial charge in [0.15, 0.2) is 9.84 Å². The van der Waals surface area contributed by atoms with E-state index in [0.717, 1.165) is 28.6 Å². The van der Waals surface area contributed by atoms with Gasteiger partial charge in [0.05, 0.1) is 18.6 Å². The van der Waals surface area contributed by atoms with Gasteiger partial charge in [0.1, 0.15) is 5.75 Å². The van der Waals surface area contributed by atoms with Gasteiger partial charge in [-0.15, -0.1) is 0 Å². The molecule has 1 aromatic rings. The largest absolute Gasteiger partial charge is 0.497 e. The maximum absolute atomic E-state index is 11.6. The highest BCUT2D eigenvalue weighted by Crippen LogP contribution is 2.23. The van der Waals surface area contributed by atoms with E-state index in [9.17, 15) is 8.42 Å². The van der Waals surface area contributed by atoms with Crippen molar-refractivity contribution in [3.8, 4) is 5.75 Å². The van der Waals surface area contributed by atoms with Gasteiger partial charge in [-0.2, -0.15) is 0 Å². The van der Waals surface area contributed by atoms with Crippen LogP contribution in [0.2, 0.25) is 0 Å². The van der Waals surface area contributed by atoms with Crippen molar-refractivity contribution in [2.24, 2.45) is 0 Å². The maximum atomic E-state index is 11.6. The molecule has 1 atom stereocenters. The van der Waals surface area contributed by atoms with Crippen LogP contribution in [0.4, 0.5) is 0 Å².